The van der Waals surface area contributed by atoms with E-state index in [1.807, 2.05) is 31.2 Å². The van der Waals surface area contributed by atoms with Crippen LogP contribution in [0.3, 0.4) is 0 Å². The minimum absolute atomic E-state index is 0.161. The van der Waals surface area contributed by atoms with Crippen molar-refractivity contribution in [2.24, 2.45) is 0 Å². The van der Waals surface area contributed by atoms with E-state index in [0.717, 1.165) is 15.6 Å². The minimum atomic E-state index is -3.80. The van der Waals surface area contributed by atoms with Crippen LogP contribution in [-0.4, -0.2) is 28.5 Å². The Kier molecular flexibility index (Phi) is 6.42. The van der Waals surface area contributed by atoms with Crippen LogP contribution in [0.5, 0.6) is 5.75 Å². The second-order valence-electron chi connectivity index (χ2n) is 6.77. The van der Waals surface area contributed by atoms with Crippen molar-refractivity contribution in [3.05, 3.63) is 90.0 Å². The summed E-state index contributed by atoms with van der Waals surface area (Å²) in [5.41, 5.74) is 1.49. The molecule has 3 aromatic carbocycles. The van der Waals surface area contributed by atoms with Crippen LogP contribution in [0.1, 0.15) is 28.9 Å². The number of carbonyl (C=O) groups is 1. The first-order valence-corrected chi connectivity index (χ1v) is 10.9. The SMILES string of the molecule is COc1ccc([C@@H](C)NC(=O)c2ccccc2N(C)S(=O)(=O)c2ccccc2)cc1. The van der Waals surface area contributed by atoms with Crippen LogP contribution in [0, 0.1) is 0 Å². The molecule has 156 valence electrons. The van der Waals surface area contributed by atoms with Crippen molar-refractivity contribution in [3.63, 3.8) is 0 Å². The summed E-state index contributed by atoms with van der Waals surface area (Å²) in [4.78, 5) is 13.1. The molecule has 0 radical (unpaired) electrons. The van der Waals surface area contributed by atoms with Gasteiger partial charge < -0.3 is 10.1 Å². The molecule has 1 amide bonds. The van der Waals surface area contributed by atoms with Gasteiger partial charge in [0.15, 0.2) is 0 Å². The zero-order valence-electron chi connectivity index (χ0n) is 17.1. The summed E-state index contributed by atoms with van der Waals surface area (Å²) in [5, 5.41) is 2.94. The van der Waals surface area contributed by atoms with Crippen LogP contribution >= 0.6 is 0 Å². The number of benzene rings is 3. The summed E-state index contributed by atoms with van der Waals surface area (Å²) in [6.07, 6.45) is 0. The van der Waals surface area contributed by atoms with Crippen LogP contribution in [0.4, 0.5) is 5.69 Å². The number of anilines is 1. The van der Waals surface area contributed by atoms with Gasteiger partial charge in [0.05, 0.1) is 29.3 Å². The van der Waals surface area contributed by atoms with Crippen LogP contribution < -0.4 is 14.4 Å². The van der Waals surface area contributed by atoms with Crippen molar-refractivity contribution in [1.82, 2.24) is 5.32 Å². The number of hydrogen-bond donors (Lipinski definition) is 1. The molecule has 0 unspecified atom stereocenters. The molecule has 1 N–H and O–H groups in total. The summed E-state index contributed by atoms with van der Waals surface area (Å²) in [6.45, 7) is 1.87. The maximum atomic E-state index is 13.0. The molecule has 0 saturated heterocycles. The highest BCUT2D eigenvalue weighted by atomic mass is 32.2. The van der Waals surface area contributed by atoms with Gasteiger partial charge in [-0.25, -0.2) is 8.42 Å². The molecule has 0 aliphatic rings. The summed E-state index contributed by atoms with van der Waals surface area (Å²) in [6, 6.07) is 21.9. The van der Waals surface area contributed by atoms with E-state index < -0.39 is 10.0 Å². The van der Waals surface area contributed by atoms with Crippen LogP contribution in [0.2, 0.25) is 0 Å². The number of ether oxygens (including phenoxy) is 1. The molecule has 1 atom stereocenters. The van der Waals surface area contributed by atoms with Gasteiger partial charge in [0.1, 0.15) is 5.75 Å². The zero-order chi connectivity index (χ0) is 21.7. The van der Waals surface area contributed by atoms with Gasteiger partial charge in [0, 0.05) is 7.05 Å². The third-order valence-electron chi connectivity index (χ3n) is 4.85. The summed E-state index contributed by atoms with van der Waals surface area (Å²) >= 11 is 0. The topological polar surface area (TPSA) is 75.7 Å². The molecule has 3 aromatic rings. The van der Waals surface area contributed by atoms with Crippen molar-refractivity contribution in [2.75, 3.05) is 18.5 Å². The van der Waals surface area contributed by atoms with Gasteiger partial charge in [-0.1, -0.05) is 42.5 Å². The van der Waals surface area contributed by atoms with Gasteiger partial charge in [-0.05, 0) is 48.9 Å². The number of amides is 1. The fourth-order valence-electron chi connectivity index (χ4n) is 3.07. The Bertz CT molecular complexity index is 1110. The van der Waals surface area contributed by atoms with Crippen LogP contribution in [0.25, 0.3) is 0 Å². The Morgan fingerprint density at radius 2 is 1.53 bits per heavy atom. The third-order valence-corrected chi connectivity index (χ3v) is 6.64. The van der Waals surface area contributed by atoms with E-state index in [1.54, 1.807) is 49.6 Å². The first-order chi connectivity index (χ1) is 14.3. The van der Waals surface area contributed by atoms with Gasteiger partial charge in [0.25, 0.3) is 15.9 Å². The Morgan fingerprint density at radius 3 is 2.17 bits per heavy atom. The molecule has 7 heteroatoms. The second-order valence-corrected chi connectivity index (χ2v) is 8.74. The highest BCUT2D eigenvalue weighted by Crippen LogP contribution is 2.26. The Hall–Kier alpha value is -3.32. The fraction of sp³-hybridized carbons (Fsp3) is 0.174. The number of nitrogens with zero attached hydrogens (tertiary/aromatic N) is 1. The highest BCUT2D eigenvalue weighted by Gasteiger charge is 2.25. The van der Waals surface area contributed by atoms with Crippen molar-refractivity contribution in [3.8, 4) is 5.75 Å². The van der Waals surface area contributed by atoms with Crippen molar-refractivity contribution in [2.45, 2.75) is 17.9 Å². The van der Waals surface area contributed by atoms with E-state index in [-0.39, 0.29) is 22.4 Å². The van der Waals surface area contributed by atoms with Crippen molar-refractivity contribution >= 4 is 21.6 Å². The molecule has 30 heavy (non-hydrogen) atoms. The lowest BCUT2D eigenvalue weighted by Crippen LogP contribution is -2.31. The monoisotopic (exact) mass is 424 g/mol. The Morgan fingerprint density at radius 1 is 0.933 bits per heavy atom. The highest BCUT2D eigenvalue weighted by molar-refractivity contribution is 7.92. The average molecular weight is 425 g/mol. The normalized spacial score (nSPS) is 12.1. The molecule has 0 aromatic heterocycles. The smallest absolute Gasteiger partial charge is 0.264 e. The maximum absolute atomic E-state index is 13.0. The molecule has 0 heterocycles. The van der Waals surface area contributed by atoms with E-state index in [4.69, 9.17) is 4.74 Å². The largest absolute Gasteiger partial charge is 0.497 e. The lowest BCUT2D eigenvalue weighted by molar-refractivity contribution is 0.0940. The number of methoxy groups -OCH3 is 1. The Labute approximate surface area is 177 Å². The molecule has 0 aliphatic carbocycles. The first kappa shape index (κ1) is 21.4. The van der Waals surface area contributed by atoms with Crippen LogP contribution in [0.15, 0.2) is 83.8 Å². The van der Waals surface area contributed by atoms with Gasteiger partial charge in [-0.15, -0.1) is 0 Å². The summed E-state index contributed by atoms with van der Waals surface area (Å²) in [5.74, 6) is 0.374. The number of rotatable bonds is 7. The number of para-hydroxylation sites is 1. The predicted octanol–water partition coefficient (Wildman–Crippen LogP) is 4.01. The minimum Gasteiger partial charge on any atom is -0.497 e. The zero-order valence-corrected chi connectivity index (χ0v) is 17.9. The van der Waals surface area contributed by atoms with Gasteiger partial charge in [-0.3, -0.25) is 9.10 Å². The number of nitrogens with one attached hydrogen (secondary N) is 1. The molecule has 0 fully saturated rings. The molecule has 0 bridgehead atoms. The van der Waals surface area contributed by atoms with Crippen LogP contribution in [-0.2, 0) is 10.0 Å². The Balaban J connectivity index is 1.86. The van der Waals surface area contributed by atoms with E-state index in [1.165, 1.54) is 19.2 Å². The number of sulfonamides is 1. The molecule has 6 nitrogen and oxygen atoms in total. The summed E-state index contributed by atoms with van der Waals surface area (Å²) < 4.78 is 32.3. The van der Waals surface area contributed by atoms with Gasteiger partial charge in [0.2, 0.25) is 0 Å². The number of hydrogen-bond acceptors (Lipinski definition) is 4. The predicted molar refractivity (Wildman–Crippen MR) is 117 cm³/mol. The molecule has 3 rings (SSSR count). The average Bonchev–Trinajstić information content (AvgIpc) is 2.79. The standard InChI is InChI=1S/C23H24N2O4S/c1-17(18-13-15-19(29-3)16-14-18)24-23(26)21-11-7-8-12-22(21)25(2)30(27,28)20-9-5-4-6-10-20/h4-17H,1-3H3,(H,24,26)/t17-/m1/s1. The first-order valence-electron chi connectivity index (χ1n) is 9.42. The summed E-state index contributed by atoms with van der Waals surface area (Å²) in [7, 11) is -0.757. The van der Waals surface area contributed by atoms with Crippen molar-refractivity contribution in [1.29, 1.82) is 0 Å². The fourth-order valence-corrected chi connectivity index (χ4v) is 4.31. The lowest BCUT2D eigenvalue weighted by Gasteiger charge is -2.23. The molecular formula is C23H24N2O4S. The molecule has 0 saturated carbocycles. The third kappa shape index (κ3) is 4.46. The maximum Gasteiger partial charge on any atom is 0.264 e. The van der Waals surface area contributed by atoms with E-state index in [2.05, 4.69) is 5.32 Å². The molecule has 0 aliphatic heterocycles. The van der Waals surface area contributed by atoms with Gasteiger partial charge in [-0.2, -0.15) is 0 Å². The molecular weight excluding hydrogens is 400 g/mol. The lowest BCUT2D eigenvalue weighted by atomic mass is 10.1. The number of carbonyl (C=O) groups excluding carboxylic acids is 1. The molecule has 0 spiro atoms. The van der Waals surface area contributed by atoms with E-state index in [0.29, 0.717) is 5.69 Å². The van der Waals surface area contributed by atoms with E-state index >= 15 is 0 Å². The quantitative estimate of drug-likeness (QED) is 0.622. The second kappa shape index (κ2) is 9.00. The van der Waals surface area contributed by atoms with Gasteiger partial charge >= 0.3 is 0 Å². The van der Waals surface area contributed by atoms with Crippen molar-refractivity contribution < 1.29 is 17.9 Å². The van der Waals surface area contributed by atoms with E-state index in [9.17, 15) is 13.2 Å².